The molecule has 5 nitrogen and oxygen atoms in total. The number of amides is 1. The maximum absolute atomic E-state index is 11.8. The highest BCUT2D eigenvalue weighted by Gasteiger charge is 2.07. The molecular weight excluding hydrogens is 262 g/mol. The number of methoxy groups -OCH3 is 1. The summed E-state index contributed by atoms with van der Waals surface area (Å²) in [4.78, 5) is 16.2. The Bertz CT molecular complexity index is 614. The molecule has 0 radical (unpaired) electrons. The molecule has 0 bridgehead atoms. The fraction of sp³-hybridized carbons (Fsp3) is 0.154. The SMILES string of the molecule is COc1ccc(CC(=O)Nc2ncc(C#N)s2)cc1. The first-order valence-electron chi connectivity index (χ1n) is 5.50. The molecule has 1 amide bonds. The van der Waals surface area contributed by atoms with Crippen LogP contribution in [0.3, 0.4) is 0 Å². The molecule has 0 saturated carbocycles. The maximum atomic E-state index is 11.8. The molecule has 1 heterocycles. The summed E-state index contributed by atoms with van der Waals surface area (Å²) in [5.74, 6) is 0.590. The van der Waals surface area contributed by atoms with Gasteiger partial charge in [-0.3, -0.25) is 4.79 Å². The number of hydrogen-bond acceptors (Lipinski definition) is 5. The summed E-state index contributed by atoms with van der Waals surface area (Å²) in [6, 6.07) is 9.25. The van der Waals surface area contributed by atoms with Gasteiger partial charge in [-0.1, -0.05) is 23.5 Å². The maximum Gasteiger partial charge on any atom is 0.230 e. The smallest absolute Gasteiger partial charge is 0.230 e. The van der Waals surface area contributed by atoms with Crippen molar-refractivity contribution >= 4 is 22.4 Å². The van der Waals surface area contributed by atoms with Crippen molar-refractivity contribution in [2.45, 2.75) is 6.42 Å². The van der Waals surface area contributed by atoms with Gasteiger partial charge in [0.05, 0.1) is 19.7 Å². The highest BCUT2D eigenvalue weighted by atomic mass is 32.1. The van der Waals surface area contributed by atoms with Crippen molar-refractivity contribution in [3.63, 3.8) is 0 Å². The number of nitrogens with one attached hydrogen (secondary N) is 1. The number of anilines is 1. The van der Waals surface area contributed by atoms with Crippen molar-refractivity contribution in [3.8, 4) is 11.8 Å². The van der Waals surface area contributed by atoms with E-state index in [-0.39, 0.29) is 12.3 Å². The molecule has 19 heavy (non-hydrogen) atoms. The van der Waals surface area contributed by atoms with Gasteiger partial charge in [-0.05, 0) is 17.7 Å². The monoisotopic (exact) mass is 273 g/mol. The molecule has 1 N–H and O–H groups in total. The van der Waals surface area contributed by atoms with Gasteiger partial charge in [-0.15, -0.1) is 0 Å². The predicted molar refractivity (Wildman–Crippen MR) is 72.2 cm³/mol. The van der Waals surface area contributed by atoms with Gasteiger partial charge in [0, 0.05) is 0 Å². The zero-order valence-corrected chi connectivity index (χ0v) is 11.0. The van der Waals surface area contributed by atoms with Gasteiger partial charge in [-0.25, -0.2) is 4.98 Å². The second-order valence-electron chi connectivity index (χ2n) is 3.71. The van der Waals surface area contributed by atoms with Crippen LogP contribution in [0.2, 0.25) is 0 Å². The van der Waals surface area contributed by atoms with Crippen LogP contribution in [-0.2, 0) is 11.2 Å². The van der Waals surface area contributed by atoms with Crippen LogP contribution in [-0.4, -0.2) is 18.0 Å². The van der Waals surface area contributed by atoms with Crippen LogP contribution < -0.4 is 10.1 Å². The number of aromatic nitrogens is 1. The van der Waals surface area contributed by atoms with Crippen molar-refractivity contribution in [3.05, 3.63) is 40.9 Å². The molecule has 2 aromatic rings. The topological polar surface area (TPSA) is 75.0 Å². The van der Waals surface area contributed by atoms with Gasteiger partial charge in [0.2, 0.25) is 5.91 Å². The Morgan fingerprint density at radius 3 is 2.79 bits per heavy atom. The van der Waals surface area contributed by atoms with Crippen LogP contribution >= 0.6 is 11.3 Å². The molecule has 0 aliphatic carbocycles. The number of thiazole rings is 1. The minimum absolute atomic E-state index is 0.163. The number of nitrogens with zero attached hydrogens (tertiary/aromatic N) is 2. The molecule has 0 saturated heterocycles. The van der Waals surface area contributed by atoms with Crippen molar-refractivity contribution in [2.75, 3.05) is 12.4 Å². The average Bonchev–Trinajstić information content (AvgIpc) is 2.87. The Hall–Kier alpha value is -2.39. The third-order valence-electron chi connectivity index (χ3n) is 2.39. The zero-order chi connectivity index (χ0) is 13.7. The Morgan fingerprint density at radius 2 is 2.21 bits per heavy atom. The number of carbonyl (C=O) groups is 1. The number of nitriles is 1. The summed E-state index contributed by atoms with van der Waals surface area (Å²) in [5.41, 5.74) is 0.885. The number of carbonyl (C=O) groups excluding carboxylic acids is 1. The lowest BCUT2D eigenvalue weighted by Gasteiger charge is -2.03. The minimum Gasteiger partial charge on any atom is -0.497 e. The van der Waals surface area contributed by atoms with Crippen LogP contribution in [0.4, 0.5) is 5.13 Å². The quantitative estimate of drug-likeness (QED) is 0.926. The lowest BCUT2D eigenvalue weighted by Crippen LogP contribution is -2.14. The highest BCUT2D eigenvalue weighted by Crippen LogP contribution is 2.17. The normalized spacial score (nSPS) is 9.68. The summed E-state index contributed by atoms with van der Waals surface area (Å²) in [5, 5.41) is 11.8. The summed E-state index contributed by atoms with van der Waals surface area (Å²) in [6.45, 7) is 0. The van der Waals surface area contributed by atoms with E-state index in [1.54, 1.807) is 19.2 Å². The van der Waals surface area contributed by atoms with E-state index in [9.17, 15) is 4.79 Å². The fourth-order valence-corrected chi connectivity index (χ4v) is 2.11. The molecule has 1 aromatic carbocycles. The van der Waals surface area contributed by atoms with E-state index in [1.807, 2.05) is 18.2 Å². The molecule has 0 aliphatic heterocycles. The van der Waals surface area contributed by atoms with E-state index in [0.29, 0.717) is 10.0 Å². The first-order chi connectivity index (χ1) is 9.21. The average molecular weight is 273 g/mol. The van der Waals surface area contributed by atoms with E-state index in [0.717, 1.165) is 22.6 Å². The van der Waals surface area contributed by atoms with E-state index in [1.165, 1.54) is 6.20 Å². The first-order valence-corrected chi connectivity index (χ1v) is 6.31. The third kappa shape index (κ3) is 3.53. The molecule has 0 unspecified atom stereocenters. The van der Waals surface area contributed by atoms with Crippen LogP contribution in [0.15, 0.2) is 30.5 Å². The molecule has 96 valence electrons. The number of hydrogen-bond donors (Lipinski definition) is 1. The van der Waals surface area contributed by atoms with Crippen molar-refractivity contribution < 1.29 is 9.53 Å². The molecule has 0 aliphatic rings. The molecular formula is C13H11N3O2S. The minimum atomic E-state index is -0.163. The Labute approximate surface area is 114 Å². The van der Waals surface area contributed by atoms with E-state index in [4.69, 9.17) is 10.00 Å². The van der Waals surface area contributed by atoms with Gasteiger partial charge in [-0.2, -0.15) is 5.26 Å². The number of rotatable bonds is 4. The fourth-order valence-electron chi connectivity index (χ4n) is 1.48. The molecule has 0 atom stereocenters. The predicted octanol–water partition coefficient (Wildman–Crippen LogP) is 2.20. The summed E-state index contributed by atoms with van der Waals surface area (Å²) in [7, 11) is 1.59. The number of benzene rings is 1. The lowest BCUT2D eigenvalue weighted by atomic mass is 10.1. The zero-order valence-electron chi connectivity index (χ0n) is 10.2. The summed E-state index contributed by atoms with van der Waals surface area (Å²) in [6.07, 6.45) is 1.69. The van der Waals surface area contributed by atoms with E-state index >= 15 is 0 Å². The molecule has 0 spiro atoms. The third-order valence-corrected chi connectivity index (χ3v) is 3.20. The Morgan fingerprint density at radius 1 is 1.47 bits per heavy atom. The second-order valence-corrected chi connectivity index (χ2v) is 4.75. The first kappa shape index (κ1) is 13.1. The highest BCUT2D eigenvalue weighted by molar-refractivity contribution is 7.16. The molecule has 0 fully saturated rings. The Balaban J connectivity index is 1.95. The van der Waals surface area contributed by atoms with Gasteiger partial charge in [0.15, 0.2) is 5.13 Å². The van der Waals surface area contributed by atoms with Crippen LogP contribution in [0.25, 0.3) is 0 Å². The summed E-state index contributed by atoms with van der Waals surface area (Å²) >= 11 is 1.15. The van der Waals surface area contributed by atoms with Crippen molar-refractivity contribution in [2.24, 2.45) is 0 Å². The van der Waals surface area contributed by atoms with Gasteiger partial charge in [0.25, 0.3) is 0 Å². The molecule has 1 aromatic heterocycles. The number of ether oxygens (including phenoxy) is 1. The van der Waals surface area contributed by atoms with Gasteiger partial charge >= 0.3 is 0 Å². The standard InChI is InChI=1S/C13H11N3O2S/c1-18-10-4-2-9(3-5-10)6-12(17)16-13-15-8-11(7-14)19-13/h2-5,8H,6H2,1H3,(H,15,16,17). The van der Waals surface area contributed by atoms with Crippen LogP contribution in [0, 0.1) is 11.3 Å². The van der Waals surface area contributed by atoms with E-state index < -0.39 is 0 Å². The van der Waals surface area contributed by atoms with Crippen molar-refractivity contribution in [1.82, 2.24) is 4.98 Å². The van der Waals surface area contributed by atoms with Gasteiger partial charge < -0.3 is 10.1 Å². The van der Waals surface area contributed by atoms with Crippen molar-refractivity contribution in [1.29, 1.82) is 5.26 Å². The Kier molecular flexibility index (Phi) is 4.11. The van der Waals surface area contributed by atoms with E-state index in [2.05, 4.69) is 10.3 Å². The van der Waals surface area contributed by atoms with Gasteiger partial charge in [0.1, 0.15) is 16.7 Å². The summed E-state index contributed by atoms with van der Waals surface area (Å²) < 4.78 is 5.05. The molecule has 6 heteroatoms. The molecule has 2 rings (SSSR count). The second kappa shape index (κ2) is 5.98. The van der Waals surface area contributed by atoms with Crippen LogP contribution in [0.5, 0.6) is 5.75 Å². The largest absolute Gasteiger partial charge is 0.497 e. The van der Waals surface area contributed by atoms with Crippen LogP contribution in [0.1, 0.15) is 10.4 Å². The lowest BCUT2D eigenvalue weighted by molar-refractivity contribution is -0.115.